The molecule has 0 radical (unpaired) electrons. The third kappa shape index (κ3) is 4.00. The molecule has 29 heavy (non-hydrogen) atoms. The summed E-state index contributed by atoms with van der Waals surface area (Å²) in [6, 6.07) is 7.56. The Morgan fingerprint density at radius 2 is 2.00 bits per heavy atom. The van der Waals surface area contributed by atoms with Gasteiger partial charge in [0.25, 0.3) is 0 Å². The number of nitrogens with one attached hydrogen (secondary N) is 1. The van der Waals surface area contributed by atoms with Crippen molar-refractivity contribution in [1.29, 1.82) is 0 Å². The van der Waals surface area contributed by atoms with Crippen LogP contribution in [0.2, 0.25) is 0 Å². The summed E-state index contributed by atoms with van der Waals surface area (Å²) in [6.07, 6.45) is 0. The maximum atomic E-state index is 14.1. The van der Waals surface area contributed by atoms with Crippen molar-refractivity contribution in [2.24, 2.45) is 10.4 Å². The number of fused-ring (bicyclic) bond motifs is 2. The summed E-state index contributed by atoms with van der Waals surface area (Å²) in [6.45, 7) is 8.95. The third-order valence-corrected chi connectivity index (χ3v) is 6.28. The van der Waals surface area contributed by atoms with Crippen LogP contribution in [0.3, 0.4) is 0 Å². The van der Waals surface area contributed by atoms with E-state index in [2.05, 4.69) is 15.1 Å². The smallest absolute Gasteiger partial charge is 0.310 e. The first-order valence-corrected chi connectivity index (χ1v) is 10.5. The zero-order valence-electron chi connectivity index (χ0n) is 16.8. The van der Waals surface area contributed by atoms with E-state index in [-0.39, 0.29) is 5.13 Å². The number of carbonyl (C=O) groups is 1. The van der Waals surface area contributed by atoms with Crippen molar-refractivity contribution in [3.63, 3.8) is 0 Å². The molecule has 4 rings (SSSR count). The van der Waals surface area contributed by atoms with Crippen LogP contribution < -0.4 is 5.32 Å². The lowest BCUT2D eigenvalue weighted by Gasteiger charge is -2.38. The van der Waals surface area contributed by atoms with Gasteiger partial charge >= 0.3 is 5.97 Å². The quantitative estimate of drug-likeness (QED) is 0.790. The van der Waals surface area contributed by atoms with Crippen LogP contribution in [0.5, 0.6) is 0 Å². The number of rotatable bonds is 3. The second-order valence-electron chi connectivity index (χ2n) is 8.33. The van der Waals surface area contributed by atoms with Gasteiger partial charge in [-0.25, -0.2) is 4.99 Å². The zero-order valence-corrected chi connectivity index (χ0v) is 17.6. The minimum absolute atomic E-state index is 0.243. The molecule has 0 aliphatic carbocycles. The molecule has 2 aromatic rings. The monoisotopic (exact) mass is 416 g/mol. The average molecular weight is 417 g/mol. The van der Waals surface area contributed by atoms with Gasteiger partial charge in [-0.15, -0.1) is 0 Å². The summed E-state index contributed by atoms with van der Waals surface area (Å²) in [4.78, 5) is 20.7. The van der Waals surface area contributed by atoms with E-state index in [4.69, 9.17) is 4.99 Å². The molecule has 1 aromatic carbocycles. The van der Waals surface area contributed by atoms with Gasteiger partial charge in [0, 0.05) is 32.7 Å². The first-order valence-electron chi connectivity index (χ1n) is 9.70. The van der Waals surface area contributed by atoms with Gasteiger partial charge in [0.1, 0.15) is 10.8 Å². The lowest BCUT2D eigenvalue weighted by molar-refractivity contribution is -0.148. The third-order valence-electron chi connectivity index (χ3n) is 5.44. The molecule has 0 saturated carbocycles. The Labute approximate surface area is 173 Å². The van der Waals surface area contributed by atoms with E-state index in [9.17, 15) is 14.3 Å². The lowest BCUT2D eigenvalue weighted by Crippen LogP contribution is -2.52. The highest BCUT2D eigenvalue weighted by molar-refractivity contribution is 7.15. The number of nitrogens with zero attached hydrogens (tertiary/aromatic N) is 3. The molecule has 2 aliphatic rings. The number of aliphatic carboxylic acids is 1. The van der Waals surface area contributed by atoms with Crippen molar-refractivity contribution in [2.45, 2.75) is 20.8 Å². The highest BCUT2D eigenvalue weighted by atomic mass is 32.1. The molecule has 6 nitrogen and oxygen atoms in total. The average Bonchev–Trinajstić information content (AvgIpc) is 2.95. The Hall–Kier alpha value is -2.45. The summed E-state index contributed by atoms with van der Waals surface area (Å²) in [5, 5.41) is 13.2. The maximum absolute atomic E-state index is 14.1. The Balaban J connectivity index is 1.59. The predicted molar refractivity (Wildman–Crippen MR) is 114 cm³/mol. The fourth-order valence-electron chi connectivity index (χ4n) is 3.74. The van der Waals surface area contributed by atoms with Gasteiger partial charge in [-0.05, 0) is 44.5 Å². The number of thiophene rings is 1. The van der Waals surface area contributed by atoms with E-state index in [0.29, 0.717) is 19.6 Å². The first-order chi connectivity index (χ1) is 13.7. The predicted octanol–water partition coefficient (Wildman–Crippen LogP) is 4.06. The fourth-order valence-corrected chi connectivity index (χ4v) is 4.53. The Bertz CT molecular complexity index is 977. The molecule has 0 spiro atoms. The molecule has 154 valence electrons. The second kappa shape index (κ2) is 7.42. The molecule has 0 atom stereocenters. The highest BCUT2D eigenvalue weighted by Gasteiger charge is 2.32. The minimum Gasteiger partial charge on any atom is -0.481 e. The number of piperazine rings is 1. The number of carboxylic acid groups (broad SMARTS) is 1. The topological polar surface area (TPSA) is 68.2 Å². The van der Waals surface area contributed by atoms with E-state index in [1.165, 1.54) is 0 Å². The summed E-state index contributed by atoms with van der Waals surface area (Å²) in [5.74, 6) is -0.0151. The molecule has 1 aromatic heterocycles. The highest BCUT2D eigenvalue weighted by Crippen LogP contribution is 2.39. The van der Waals surface area contributed by atoms with Crippen LogP contribution in [0.4, 0.5) is 20.8 Å². The Morgan fingerprint density at radius 3 is 2.69 bits per heavy atom. The van der Waals surface area contributed by atoms with Crippen molar-refractivity contribution < 1.29 is 14.3 Å². The van der Waals surface area contributed by atoms with Gasteiger partial charge in [-0.3, -0.25) is 9.69 Å². The SMILES string of the molecule is Cc1ccc2c(c1)N=C(N1CCN(CC(C)(C)C(=O)O)CC1)c1cc(F)sc1N2. The first kappa shape index (κ1) is 19.8. The van der Waals surface area contributed by atoms with Crippen molar-refractivity contribution in [2.75, 3.05) is 38.0 Å². The second-order valence-corrected chi connectivity index (χ2v) is 9.33. The summed E-state index contributed by atoms with van der Waals surface area (Å²) in [7, 11) is 0. The molecule has 2 N–H and O–H groups in total. The normalized spacial score (nSPS) is 17.1. The summed E-state index contributed by atoms with van der Waals surface area (Å²) >= 11 is 1.09. The molecule has 3 heterocycles. The maximum Gasteiger partial charge on any atom is 0.310 e. The molecule has 0 amide bonds. The van der Waals surface area contributed by atoms with Crippen LogP contribution >= 0.6 is 11.3 Å². The van der Waals surface area contributed by atoms with Crippen LogP contribution in [-0.2, 0) is 4.79 Å². The number of halogens is 1. The summed E-state index contributed by atoms with van der Waals surface area (Å²) in [5.41, 5.74) is 2.83. The van der Waals surface area contributed by atoms with Gasteiger partial charge in [0.2, 0.25) is 0 Å². The number of aryl methyl sites for hydroxylation is 1. The van der Waals surface area contributed by atoms with Crippen molar-refractivity contribution >= 4 is 39.5 Å². The minimum atomic E-state index is -0.787. The summed E-state index contributed by atoms with van der Waals surface area (Å²) < 4.78 is 14.1. The van der Waals surface area contributed by atoms with Gasteiger partial charge < -0.3 is 15.3 Å². The molecule has 1 fully saturated rings. The van der Waals surface area contributed by atoms with Crippen molar-refractivity contribution in [3.8, 4) is 0 Å². The van der Waals surface area contributed by atoms with Crippen LogP contribution in [-0.4, -0.2) is 59.4 Å². The Morgan fingerprint density at radius 1 is 1.28 bits per heavy atom. The number of anilines is 2. The van der Waals surface area contributed by atoms with Crippen molar-refractivity contribution in [1.82, 2.24) is 9.80 Å². The van der Waals surface area contributed by atoms with E-state index in [1.54, 1.807) is 19.9 Å². The molecule has 8 heteroatoms. The largest absolute Gasteiger partial charge is 0.481 e. The number of amidine groups is 1. The van der Waals surface area contributed by atoms with Gasteiger partial charge in [0.15, 0.2) is 5.13 Å². The van der Waals surface area contributed by atoms with Crippen molar-refractivity contribution in [3.05, 3.63) is 40.5 Å². The van der Waals surface area contributed by atoms with E-state index >= 15 is 0 Å². The number of benzene rings is 1. The zero-order chi connectivity index (χ0) is 20.8. The molecule has 0 bridgehead atoms. The molecule has 2 aliphatic heterocycles. The molecular weight excluding hydrogens is 391 g/mol. The van der Waals surface area contributed by atoms with Gasteiger partial charge in [0.05, 0.1) is 22.4 Å². The van der Waals surface area contributed by atoms with Crippen LogP contribution in [0.25, 0.3) is 0 Å². The standard InChI is InChI=1S/C21H25FN4O2S/c1-13-4-5-15-16(10-13)23-18(14-11-17(22)29-19(14)24-15)26-8-6-25(7-9-26)12-21(2,3)20(27)28/h4-5,10-11,24H,6-9,12H2,1-3H3,(H,27,28). The lowest BCUT2D eigenvalue weighted by atomic mass is 9.93. The van der Waals surface area contributed by atoms with Crippen LogP contribution in [0, 0.1) is 17.5 Å². The number of aliphatic imine (C=N–C) groups is 1. The van der Waals surface area contributed by atoms with E-state index in [0.717, 1.165) is 57.8 Å². The molecule has 1 saturated heterocycles. The van der Waals surface area contributed by atoms with E-state index < -0.39 is 11.4 Å². The fraction of sp³-hybridized carbons (Fsp3) is 0.429. The van der Waals surface area contributed by atoms with Gasteiger partial charge in [-0.2, -0.15) is 4.39 Å². The van der Waals surface area contributed by atoms with Crippen LogP contribution in [0.15, 0.2) is 29.3 Å². The van der Waals surface area contributed by atoms with E-state index in [1.807, 2.05) is 25.1 Å². The number of carboxylic acids is 1. The molecule has 0 unspecified atom stereocenters. The van der Waals surface area contributed by atoms with Crippen LogP contribution in [0.1, 0.15) is 25.0 Å². The Kier molecular flexibility index (Phi) is 5.08. The molecular formula is C21H25FN4O2S. The number of hydrogen-bond donors (Lipinski definition) is 2. The number of hydrogen-bond acceptors (Lipinski definition) is 6. The van der Waals surface area contributed by atoms with Gasteiger partial charge in [-0.1, -0.05) is 17.4 Å².